The Balaban J connectivity index is 1.41. The van der Waals surface area contributed by atoms with Crippen molar-refractivity contribution in [3.05, 3.63) is 88.2 Å². The number of hydrogen-bond donors (Lipinski definition) is 1. The summed E-state index contributed by atoms with van der Waals surface area (Å²) in [5.74, 6) is 0.842. The average molecular weight is 535 g/mol. The van der Waals surface area contributed by atoms with E-state index in [1.807, 2.05) is 51.1 Å². The Labute approximate surface area is 225 Å². The first-order chi connectivity index (χ1) is 17.9. The molecule has 1 heterocycles. The first-order valence-corrected chi connectivity index (χ1v) is 13.1. The molecule has 0 spiro atoms. The van der Waals surface area contributed by atoms with Crippen molar-refractivity contribution in [3.8, 4) is 11.5 Å². The zero-order chi connectivity index (χ0) is 26.2. The number of ether oxygens (including phenoxy) is 2. The van der Waals surface area contributed by atoms with Gasteiger partial charge in [0.15, 0.2) is 16.7 Å². The second-order valence-corrected chi connectivity index (χ2v) is 9.55. The largest absolute Gasteiger partial charge is 0.490 e. The van der Waals surface area contributed by atoms with Gasteiger partial charge in [0.1, 0.15) is 6.61 Å². The maximum atomic E-state index is 12.2. The number of carbonyl (C=O) groups excluding carboxylic acids is 1. The molecule has 1 N–H and O–H groups in total. The van der Waals surface area contributed by atoms with Crippen molar-refractivity contribution in [2.45, 2.75) is 32.5 Å². The number of thioether (sulfide) groups is 1. The van der Waals surface area contributed by atoms with Gasteiger partial charge < -0.3 is 9.47 Å². The fourth-order valence-corrected chi connectivity index (χ4v) is 4.75. The van der Waals surface area contributed by atoms with Crippen LogP contribution in [0.3, 0.4) is 0 Å². The number of nitrogens with one attached hydrogen (secondary N) is 1. The lowest BCUT2D eigenvalue weighted by Crippen LogP contribution is -2.19. The number of benzene rings is 3. The van der Waals surface area contributed by atoms with E-state index < -0.39 is 0 Å². The Morgan fingerprint density at radius 3 is 2.59 bits per heavy atom. The molecule has 0 unspecified atom stereocenters. The molecule has 37 heavy (non-hydrogen) atoms. The zero-order valence-electron chi connectivity index (χ0n) is 20.8. The minimum absolute atomic E-state index is 0.145. The zero-order valence-corrected chi connectivity index (χ0v) is 22.4. The van der Waals surface area contributed by atoms with Crippen LogP contribution in [0.1, 0.15) is 29.4 Å². The molecule has 4 aromatic rings. The van der Waals surface area contributed by atoms with Gasteiger partial charge in [0.2, 0.25) is 0 Å². The van der Waals surface area contributed by atoms with Crippen molar-refractivity contribution >= 4 is 46.3 Å². The van der Waals surface area contributed by atoms with Crippen LogP contribution >= 0.6 is 23.4 Å². The van der Waals surface area contributed by atoms with E-state index in [9.17, 15) is 4.79 Å². The van der Waals surface area contributed by atoms with Crippen molar-refractivity contribution in [1.29, 1.82) is 0 Å². The minimum Gasteiger partial charge on any atom is -0.490 e. The van der Waals surface area contributed by atoms with Gasteiger partial charge in [0, 0.05) is 11.4 Å². The molecule has 0 bridgehead atoms. The van der Waals surface area contributed by atoms with Crippen LogP contribution in [0.15, 0.2) is 70.9 Å². The fraction of sp³-hybridized carbons (Fsp3) is 0.214. The predicted octanol–water partition coefficient (Wildman–Crippen LogP) is 6.12. The third kappa shape index (κ3) is 7.21. The van der Waals surface area contributed by atoms with Crippen molar-refractivity contribution in [3.63, 3.8) is 0 Å². The first-order valence-electron chi connectivity index (χ1n) is 11.8. The lowest BCUT2D eigenvalue weighted by Gasteiger charge is -2.15. The number of amides is 1. The summed E-state index contributed by atoms with van der Waals surface area (Å²) < 4.78 is 11.9. The summed E-state index contributed by atoms with van der Waals surface area (Å²) in [6, 6.07) is 19.7. The Morgan fingerprint density at radius 2 is 1.81 bits per heavy atom. The summed E-state index contributed by atoms with van der Waals surface area (Å²) >= 11 is 7.82. The normalized spacial score (nSPS) is 11.1. The molecule has 4 rings (SSSR count). The standard InChI is InChI=1S/C28H27ClN4O3S/c1-4-35-25-14-20(15-30-33-26(34)17-37-28-31-18(2)12-19(3)32-28)13-24(29)27(25)36-16-22-10-7-9-21-8-5-6-11-23(21)22/h5-15H,4,16-17H2,1-3H3,(H,33,34)/b30-15-. The molecule has 0 saturated carbocycles. The molecular weight excluding hydrogens is 508 g/mol. The highest BCUT2D eigenvalue weighted by molar-refractivity contribution is 7.99. The van der Waals surface area contributed by atoms with Gasteiger partial charge in [-0.05, 0) is 60.9 Å². The van der Waals surface area contributed by atoms with Gasteiger partial charge in [-0.3, -0.25) is 4.79 Å². The van der Waals surface area contributed by atoms with Crippen LogP contribution in [-0.2, 0) is 11.4 Å². The van der Waals surface area contributed by atoms with Gasteiger partial charge >= 0.3 is 0 Å². The molecule has 0 aliphatic rings. The molecule has 0 atom stereocenters. The number of halogens is 1. The van der Waals surface area contributed by atoms with E-state index in [0.717, 1.165) is 27.7 Å². The first kappa shape index (κ1) is 26.4. The van der Waals surface area contributed by atoms with E-state index in [-0.39, 0.29) is 11.7 Å². The lowest BCUT2D eigenvalue weighted by atomic mass is 10.1. The Hall–Kier alpha value is -3.62. The van der Waals surface area contributed by atoms with Gasteiger partial charge in [0.25, 0.3) is 5.91 Å². The van der Waals surface area contributed by atoms with Gasteiger partial charge in [-0.25, -0.2) is 15.4 Å². The predicted molar refractivity (Wildman–Crippen MR) is 149 cm³/mol. The second-order valence-electron chi connectivity index (χ2n) is 8.21. The molecule has 0 aliphatic carbocycles. The number of carbonyl (C=O) groups is 1. The smallest absolute Gasteiger partial charge is 0.250 e. The number of rotatable bonds is 10. The molecule has 0 aliphatic heterocycles. The van der Waals surface area contributed by atoms with Crippen LogP contribution in [0.5, 0.6) is 11.5 Å². The van der Waals surface area contributed by atoms with Gasteiger partial charge in [-0.1, -0.05) is 65.8 Å². The lowest BCUT2D eigenvalue weighted by molar-refractivity contribution is -0.118. The number of fused-ring (bicyclic) bond motifs is 1. The molecule has 3 aromatic carbocycles. The molecule has 1 aromatic heterocycles. The topological polar surface area (TPSA) is 85.7 Å². The van der Waals surface area contributed by atoms with Crippen molar-refractivity contribution in [1.82, 2.24) is 15.4 Å². The van der Waals surface area contributed by atoms with Gasteiger partial charge in [-0.2, -0.15) is 5.10 Å². The van der Waals surface area contributed by atoms with Crippen molar-refractivity contribution in [2.24, 2.45) is 5.10 Å². The van der Waals surface area contributed by atoms with E-state index in [4.69, 9.17) is 21.1 Å². The third-order valence-corrected chi connectivity index (χ3v) is 6.41. The summed E-state index contributed by atoms with van der Waals surface area (Å²) in [6.45, 7) is 6.46. The molecule has 9 heteroatoms. The number of aryl methyl sites for hydroxylation is 2. The summed E-state index contributed by atoms with van der Waals surface area (Å²) in [5.41, 5.74) is 5.95. The van der Waals surface area contributed by atoms with Crippen molar-refractivity contribution < 1.29 is 14.3 Å². The number of nitrogens with zero attached hydrogens (tertiary/aromatic N) is 3. The fourth-order valence-electron chi connectivity index (χ4n) is 3.73. The Morgan fingerprint density at radius 1 is 1.05 bits per heavy atom. The maximum Gasteiger partial charge on any atom is 0.250 e. The van der Waals surface area contributed by atoms with E-state index in [1.54, 1.807) is 12.1 Å². The number of hydrogen-bond acceptors (Lipinski definition) is 7. The quantitative estimate of drug-likeness (QED) is 0.114. The highest BCUT2D eigenvalue weighted by atomic mass is 35.5. The SMILES string of the molecule is CCOc1cc(/C=N\NC(=O)CSc2nc(C)cc(C)n2)cc(Cl)c1OCc1cccc2ccccc12. The summed E-state index contributed by atoms with van der Waals surface area (Å²) in [7, 11) is 0. The monoisotopic (exact) mass is 534 g/mol. The third-order valence-electron chi connectivity index (χ3n) is 5.28. The second kappa shape index (κ2) is 12.6. The number of aromatic nitrogens is 2. The molecule has 1 amide bonds. The van der Waals surface area contributed by atoms with Crippen LogP contribution in [0.2, 0.25) is 5.02 Å². The molecular formula is C28H27ClN4O3S. The average Bonchev–Trinajstić information content (AvgIpc) is 2.87. The summed E-state index contributed by atoms with van der Waals surface area (Å²) in [5, 5.41) is 7.28. The Bertz CT molecular complexity index is 1420. The molecule has 190 valence electrons. The van der Waals surface area contributed by atoms with Crippen LogP contribution in [-0.4, -0.2) is 34.4 Å². The van der Waals surface area contributed by atoms with Crippen LogP contribution in [0.4, 0.5) is 0 Å². The van der Waals surface area contributed by atoms with Crippen molar-refractivity contribution in [2.75, 3.05) is 12.4 Å². The van der Waals surface area contributed by atoms with Crippen LogP contribution in [0.25, 0.3) is 10.8 Å². The summed E-state index contributed by atoms with van der Waals surface area (Å²) in [6.07, 6.45) is 1.51. The van der Waals surface area contributed by atoms with Crippen LogP contribution < -0.4 is 14.9 Å². The van der Waals surface area contributed by atoms with E-state index in [1.165, 1.54) is 18.0 Å². The van der Waals surface area contributed by atoms with E-state index in [2.05, 4.69) is 38.7 Å². The summed E-state index contributed by atoms with van der Waals surface area (Å²) in [4.78, 5) is 20.9. The maximum absolute atomic E-state index is 12.2. The van der Waals surface area contributed by atoms with Crippen LogP contribution in [0, 0.1) is 13.8 Å². The highest BCUT2D eigenvalue weighted by Gasteiger charge is 2.13. The minimum atomic E-state index is -0.268. The molecule has 0 radical (unpaired) electrons. The molecule has 0 saturated heterocycles. The van der Waals surface area contributed by atoms with E-state index >= 15 is 0 Å². The molecule has 0 fully saturated rings. The van der Waals surface area contributed by atoms with E-state index in [0.29, 0.717) is 40.5 Å². The van der Waals surface area contributed by atoms with Gasteiger partial charge in [0.05, 0.1) is 23.6 Å². The number of hydrazone groups is 1. The highest BCUT2D eigenvalue weighted by Crippen LogP contribution is 2.37. The molecule has 7 nitrogen and oxygen atoms in total. The Kier molecular flexibility index (Phi) is 8.98. The van der Waals surface area contributed by atoms with Gasteiger partial charge in [-0.15, -0.1) is 0 Å².